The van der Waals surface area contributed by atoms with Crippen LogP contribution in [0.4, 0.5) is 5.69 Å². The maximum absolute atomic E-state index is 12.0. The van der Waals surface area contributed by atoms with E-state index >= 15 is 0 Å². The summed E-state index contributed by atoms with van der Waals surface area (Å²) in [5, 5.41) is 0. The van der Waals surface area contributed by atoms with Crippen molar-refractivity contribution in [1.29, 1.82) is 0 Å². The van der Waals surface area contributed by atoms with Gasteiger partial charge >= 0.3 is 0 Å². The first kappa shape index (κ1) is 10.8. The zero-order valence-corrected chi connectivity index (χ0v) is 9.48. The molecular weight excluding hydrogens is 220 g/mol. The Kier molecular flexibility index (Phi) is 3.31. The van der Waals surface area contributed by atoms with Crippen LogP contribution in [0.15, 0.2) is 53.7 Å². The highest BCUT2D eigenvalue weighted by molar-refractivity contribution is 7.84. The number of rotatable bonds is 3. The van der Waals surface area contributed by atoms with Gasteiger partial charge in [0.25, 0.3) is 0 Å². The van der Waals surface area contributed by atoms with Gasteiger partial charge in [0, 0.05) is 6.20 Å². The van der Waals surface area contributed by atoms with Gasteiger partial charge in [-0.3, -0.25) is 9.19 Å². The molecular formula is C12H12N2OS. The maximum atomic E-state index is 12.0. The fraction of sp³-hybridized carbons (Fsp3) is 0.0833. The fourth-order valence-corrected chi connectivity index (χ4v) is 2.58. The van der Waals surface area contributed by atoms with Crippen molar-refractivity contribution < 1.29 is 4.21 Å². The molecule has 0 aliphatic rings. The molecule has 82 valence electrons. The van der Waals surface area contributed by atoms with Gasteiger partial charge in [-0.05, 0) is 11.6 Å². The van der Waals surface area contributed by atoms with Crippen LogP contribution in [-0.2, 0) is 16.6 Å². The molecule has 1 aromatic heterocycles. The van der Waals surface area contributed by atoms with E-state index in [1.54, 1.807) is 12.3 Å². The Balaban J connectivity index is 2.19. The van der Waals surface area contributed by atoms with E-state index in [1.165, 1.54) is 6.20 Å². The summed E-state index contributed by atoms with van der Waals surface area (Å²) in [5.74, 6) is 0.481. The number of pyridine rings is 1. The molecule has 0 radical (unpaired) electrons. The van der Waals surface area contributed by atoms with E-state index in [2.05, 4.69) is 4.98 Å². The Hall–Kier alpha value is -1.68. The van der Waals surface area contributed by atoms with Gasteiger partial charge in [-0.25, -0.2) is 0 Å². The second kappa shape index (κ2) is 4.90. The van der Waals surface area contributed by atoms with Crippen LogP contribution in [0, 0.1) is 0 Å². The minimum atomic E-state index is -1.11. The zero-order chi connectivity index (χ0) is 11.4. The van der Waals surface area contributed by atoms with E-state index in [4.69, 9.17) is 5.73 Å². The molecule has 0 saturated carbocycles. The molecule has 1 aromatic carbocycles. The minimum absolute atomic E-state index is 0.481. The number of hydrogen-bond acceptors (Lipinski definition) is 3. The van der Waals surface area contributed by atoms with Gasteiger partial charge in [0.1, 0.15) is 0 Å². The largest absolute Gasteiger partial charge is 0.396 e. The van der Waals surface area contributed by atoms with E-state index < -0.39 is 10.8 Å². The Labute approximate surface area is 96.8 Å². The molecule has 2 N–H and O–H groups in total. The molecule has 1 heterocycles. The third kappa shape index (κ3) is 2.46. The lowest BCUT2D eigenvalue weighted by Gasteiger charge is -2.04. The lowest BCUT2D eigenvalue weighted by atomic mass is 10.2. The topological polar surface area (TPSA) is 56.0 Å². The maximum Gasteiger partial charge on any atom is 0.0664 e. The first-order valence-corrected chi connectivity index (χ1v) is 6.21. The summed E-state index contributed by atoms with van der Waals surface area (Å²) in [6.07, 6.45) is 3.13. The molecule has 2 aromatic rings. The van der Waals surface area contributed by atoms with Crippen molar-refractivity contribution in [1.82, 2.24) is 4.98 Å². The predicted molar refractivity (Wildman–Crippen MR) is 65.2 cm³/mol. The molecule has 0 bridgehead atoms. The van der Waals surface area contributed by atoms with Crippen molar-refractivity contribution in [3.63, 3.8) is 0 Å². The Morgan fingerprint density at radius 2 is 1.94 bits per heavy atom. The highest BCUT2D eigenvalue weighted by Gasteiger charge is 2.07. The van der Waals surface area contributed by atoms with Crippen molar-refractivity contribution in [2.24, 2.45) is 0 Å². The number of anilines is 1. The molecule has 0 aliphatic carbocycles. The minimum Gasteiger partial charge on any atom is -0.396 e. The Morgan fingerprint density at radius 3 is 2.62 bits per heavy atom. The number of benzene rings is 1. The highest BCUT2D eigenvalue weighted by atomic mass is 32.2. The summed E-state index contributed by atoms with van der Waals surface area (Å²) in [4.78, 5) is 4.53. The van der Waals surface area contributed by atoms with Crippen LogP contribution in [-0.4, -0.2) is 9.19 Å². The van der Waals surface area contributed by atoms with Crippen LogP contribution >= 0.6 is 0 Å². The molecule has 1 unspecified atom stereocenters. The van der Waals surface area contributed by atoms with E-state index in [0.29, 0.717) is 16.3 Å². The summed E-state index contributed by atoms with van der Waals surface area (Å²) >= 11 is 0. The van der Waals surface area contributed by atoms with Gasteiger partial charge in [0.2, 0.25) is 0 Å². The average Bonchev–Trinajstić information content (AvgIpc) is 2.31. The zero-order valence-electron chi connectivity index (χ0n) is 8.67. The lowest BCUT2D eigenvalue weighted by Crippen LogP contribution is -2.01. The average molecular weight is 232 g/mol. The van der Waals surface area contributed by atoms with Crippen molar-refractivity contribution in [2.45, 2.75) is 10.6 Å². The van der Waals surface area contributed by atoms with Crippen LogP contribution in [0.5, 0.6) is 0 Å². The molecule has 16 heavy (non-hydrogen) atoms. The summed E-state index contributed by atoms with van der Waals surface area (Å²) < 4.78 is 12.0. The highest BCUT2D eigenvalue weighted by Crippen LogP contribution is 2.17. The summed E-state index contributed by atoms with van der Waals surface area (Å²) in [6, 6.07) is 11.4. The number of nitrogens with two attached hydrogens (primary N) is 1. The normalized spacial score (nSPS) is 12.2. The van der Waals surface area contributed by atoms with Crippen LogP contribution in [0.2, 0.25) is 0 Å². The smallest absolute Gasteiger partial charge is 0.0664 e. The molecule has 0 fully saturated rings. The lowest BCUT2D eigenvalue weighted by molar-refractivity contribution is 0.683. The molecule has 0 amide bonds. The summed E-state index contributed by atoms with van der Waals surface area (Å²) in [6.45, 7) is 0. The first-order chi connectivity index (χ1) is 7.77. The van der Waals surface area contributed by atoms with Gasteiger partial charge in [0.05, 0.1) is 33.3 Å². The van der Waals surface area contributed by atoms with Crippen molar-refractivity contribution >= 4 is 16.5 Å². The summed E-state index contributed by atoms with van der Waals surface area (Å²) in [5.41, 5.74) is 7.24. The standard InChI is InChI=1S/C12H12N2OS/c13-11-8-14-7-6-12(11)16(15)9-10-4-2-1-3-5-10/h1-8H,9,13H2. The first-order valence-electron chi connectivity index (χ1n) is 4.89. The number of nitrogen functional groups attached to an aromatic ring is 1. The quantitative estimate of drug-likeness (QED) is 0.880. The van der Waals surface area contributed by atoms with Crippen LogP contribution in [0.1, 0.15) is 5.56 Å². The summed E-state index contributed by atoms with van der Waals surface area (Å²) in [7, 11) is -1.11. The van der Waals surface area contributed by atoms with Gasteiger partial charge in [-0.15, -0.1) is 0 Å². The van der Waals surface area contributed by atoms with Crippen molar-refractivity contribution in [2.75, 3.05) is 5.73 Å². The van der Waals surface area contributed by atoms with Gasteiger partial charge < -0.3 is 5.73 Å². The van der Waals surface area contributed by atoms with Gasteiger partial charge in [0.15, 0.2) is 0 Å². The second-order valence-corrected chi connectivity index (χ2v) is 4.81. The Bertz CT molecular complexity index is 499. The molecule has 0 saturated heterocycles. The van der Waals surface area contributed by atoms with E-state index in [0.717, 1.165) is 5.56 Å². The van der Waals surface area contributed by atoms with Crippen LogP contribution in [0.25, 0.3) is 0 Å². The second-order valence-electron chi connectivity index (χ2n) is 3.39. The molecule has 2 rings (SSSR count). The predicted octanol–water partition coefficient (Wildman–Crippen LogP) is 1.97. The number of hydrogen-bond donors (Lipinski definition) is 1. The SMILES string of the molecule is Nc1cnccc1S(=O)Cc1ccccc1. The van der Waals surface area contributed by atoms with Crippen molar-refractivity contribution in [3.05, 3.63) is 54.4 Å². The van der Waals surface area contributed by atoms with Gasteiger partial charge in [-0.1, -0.05) is 30.3 Å². The van der Waals surface area contributed by atoms with Crippen LogP contribution in [0.3, 0.4) is 0 Å². The number of nitrogens with zero attached hydrogens (tertiary/aromatic N) is 1. The molecule has 0 aliphatic heterocycles. The van der Waals surface area contributed by atoms with Crippen molar-refractivity contribution in [3.8, 4) is 0 Å². The van der Waals surface area contributed by atoms with Crippen LogP contribution < -0.4 is 5.73 Å². The monoisotopic (exact) mass is 232 g/mol. The molecule has 0 spiro atoms. The number of aromatic nitrogens is 1. The Morgan fingerprint density at radius 1 is 1.19 bits per heavy atom. The third-order valence-corrected chi connectivity index (χ3v) is 3.65. The van der Waals surface area contributed by atoms with E-state index in [1.807, 2.05) is 30.3 Å². The third-order valence-electron chi connectivity index (χ3n) is 2.20. The fourth-order valence-electron chi connectivity index (χ4n) is 1.40. The van der Waals surface area contributed by atoms with Gasteiger partial charge in [-0.2, -0.15) is 0 Å². The van der Waals surface area contributed by atoms with E-state index in [-0.39, 0.29) is 0 Å². The van der Waals surface area contributed by atoms with E-state index in [9.17, 15) is 4.21 Å². The molecule has 4 heteroatoms. The molecule has 1 atom stereocenters. The molecule has 3 nitrogen and oxygen atoms in total.